The largest absolute Gasteiger partial charge is 0.342 e. The quantitative estimate of drug-likeness (QED) is 0.577. The Morgan fingerprint density at radius 1 is 1.29 bits per heavy atom. The molecule has 3 aromatic rings. The molecule has 0 saturated carbocycles. The minimum Gasteiger partial charge on any atom is -0.342 e. The van der Waals surface area contributed by atoms with Crippen molar-refractivity contribution < 1.29 is 26.8 Å². The average molecular weight is 487 g/mol. The van der Waals surface area contributed by atoms with E-state index in [2.05, 4.69) is 20.7 Å². The van der Waals surface area contributed by atoms with Gasteiger partial charge in [0.05, 0.1) is 11.2 Å². The van der Waals surface area contributed by atoms with Crippen LogP contribution in [-0.4, -0.2) is 47.0 Å². The molecular weight excluding hydrogens is 468 g/mol. The summed E-state index contributed by atoms with van der Waals surface area (Å²) in [5.74, 6) is -3.43. The summed E-state index contributed by atoms with van der Waals surface area (Å²) in [5.41, 5.74) is -0.0982. The van der Waals surface area contributed by atoms with Gasteiger partial charge in [0.1, 0.15) is 23.0 Å². The van der Waals surface area contributed by atoms with E-state index >= 15 is 0 Å². The molecule has 2 aliphatic rings. The summed E-state index contributed by atoms with van der Waals surface area (Å²) in [6.45, 7) is 0. The number of hydrogen-bond acceptors (Lipinski definition) is 6. The van der Waals surface area contributed by atoms with Gasteiger partial charge in [-0.25, -0.2) is 22.2 Å². The number of carbonyl (C=O) groups is 2. The smallest absolute Gasteiger partial charge is 0.257 e. The van der Waals surface area contributed by atoms with E-state index in [1.54, 1.807) is 18.2 Å². The predicted molar refractivity (Wildman–Crippen MR) is 117 cm³/mol. The molecule has 2 N–H and O–H groups in total. The van der Waals surface area contributed by atoms with Gasteiger partial charge < -0.3 is 10.6 Å². The molecule has 3 heterocycles. The molecule has 1 aliphatic carbocycles. The van der Waals surface area contributed by atoms with E-state index in [4.69, 9.17) is 0 Å². The molecule has 0 unspecified atom stereocenters. The first-order valence-corrected chi connectivity index (χ1v) is 12.4. The molecule has 176 valence electrons. The minimum absolute atomic E-state index is 0.0347. The van der Waals surface area contributed by atoms with Gasteiger partial charge in [-0.2, -0.15) is 9.78 Å². The second-order valence-corrected chi connectivity index (χ2v) is 10.7. The van der Waals surface area contributed by atoms with Crippen molar-refractivity contribution in [3.63, 3.8) is 0 Å². The van der Waals surface area contributed by atoms with Crippen LogP contribution in [0.3, 0.4) is 0 Å². The van der Waals surface area contributed by atoms with Gasteiger partial charge in [0.2, 0.25) is 5.91 Å². The molecule has 0 radical (unpaired) electrons. The van der Waals surface area contributed by atoms with Crippen LogP contribution in [0, 0.1) is 11.6 Å². The summed E-state index contributed by atoms with van der Waals surface area (Å²) in [4.78, 5) is 29.9. The van der Waals surface area contributed by atoms with E-state index in [9.17, 15) is 26.8 Å². The normalized spacial score (nSPS) is 19.0. The highest BCUT2D eigenvalue weighted by Gasteiger charge is 2.48. The highest BCUT2D eigenvalue weighted by molar-refractivity contribution is 7.91. The highest BCUT2D eigenvalue weighted by atomic mass is 32.2. The molecule has 2 amide bonds. The molecule has 0 bridgehead atoms. The Labute approximate surface area is 193 Å². The van der Waals surface area contributed by atoms with E-state index in [0.717, 1.165) is 12.3 Å². The number of amides is 2. The van der Waals surface area contributed by atoms with Crippen molar-refractivity contribution in [1.82, 2.24) is 20.1 Å². The van der Waals surface area contributed by atoms with Gasteiger partial charge in [0, 0.05) is 30.5 Å². The molecule has 1 spiro atoms. The third kappa shape index (κ3) is 3.73. The van der Waals surface area contributed by atoms with Crippen LogP contribution < -0.4 is 10.6 Å². The van der Waals surface area contributed by atoms with Crippen molar-refractivity contribution in [3.05, 3.63) is 70.5 Å². The molecule has 34 heavy (non-hydrogen) atoms. The Morgan fingerprint density at radius 3 is 2.79 bits per heavy atom. The summed E-state index contributed by atoms with van der Waals surface area (Å²) < 4.78 is 53.0. The Balaban J connectivity index is 1.62. The third-order valence-corrected chi connectivity index (χ3v) is 6.75. The first-order valence-electron chi connectivity index (χ1n) is 10.4. The predicted octanol–water partition coefficient (Wildman–Crippen LogP) is 1.66. The second-order valence-electron chi connectivity index (χ2n) is 8.52. The average Bonchev–Trinajstić information content (AvgIpc) is 3.26. The summed E-state index contributed by atoms with van der Waals surface area (Å²) >= 11 is 0. The van der Waals surface area contributed by atoms with Crippen molar-refractivity contribution in [2.45, 2.75) is 24.8 Å². The number of nitrogens with one attached hydrogen (secondary N) is 2. The number of sulfone groups is 1. The van der Waals surface area contributed by atoms with Crippen LogP contribution in [0.4, 0.5) is 14.6 Å². The number of aryl methyl sites for hydroxylation is 1. The Hall–Kier alpha value is -3.67. The zero-order valence-electron chi connectivity index (χ0n) is 17.9. The SMILES string of the molecule is CS(=O)(=O)CC(=O)Nc1c2c(nn1-c1ccccn1)C[C@]1(CCc3cc(F)cc(F)c31)NC2=O. The lowest BCUT2D eigenvalue weighted by molar-refractivity contribution is -0.113. The summed E-state index contributed by atoms with van der Waals surface area (Å²) in [6.07, 6.45) is 3.23. The summed E-state index contributed by atoms with van der Waals surface area (Å²) in [7, 11) is -3.63. The van der Waals surface area contributed by atoms with Gasteiger partial charge >= 0.3 is 0 Å². The van der Waals surface area contributed by atoms with Crippen LogP contribution in [0.2, 0.25) is 0 Å². The van der Waals surface area contributed by atoms with Crippen molar-refractivity contribution >= 4 is 27.5 Å². The first-order chi connectivity index (χ1) is 16.1. The maximum atomic E-state index is 14.8. The molecule has 12 heteroatoms. The van der Waals surface area contributed by atoms with E-state index in [1.165, 1.54) is 16.9 Å². The number of aromatic nitrogens is 3. The minimum atomic E-state index is -3.63. The number of benzene rings is 1. The van der Waals surface area contributed by atoms with Gasteiger partial charge in [-0.3, -0.25) is 9.59 Å². The van der Waals surface area contributed by atoms with Crippen LogP contribution in [0.25, 0.3) is 5.82 Å². The number of nitrogens with zero attached hydrogens (tertiary/aromatic N) is 3. The van der Waals surface area contributed by atoms with Crippen molar-refractivity contribution in [3.8, 4) is 5.82 Å². The standard InChI is InChI=1S/C22H19F2N5O4S/c1-34(32,33)11-17(30)26-20-18-15(28-29(20)16-4-2-3-7-25-16)10-22(27-21(18)31)6-5-12-8-13(23)9-14(24)19(12)22/h2-4,7-9H,5-6,10-11H2,1H3,(H,26,30)(H,27,31)/t22-/m0/s1. The number of anilines is 1. The van der Waals surface area contributed by atoms with Crippen molar-refractivity contribution in [2.24, 2.45) is 0 Å². The topological polar surface area (TPSA) is 123 Å². The molecule has 1 atom stereocenters. The Kier molecular flexibility index (Phi) is 5.01. The monoisotopic (exact) mass is 487 g/mol. The fourth-order valence-corrected chi connectivity index (χ4v) is 5.29. The van der Waals surface area contributed by atoms with Gasteiger partial charge in [-0.05, 0) is 36.6 Å². The highest BCUT2D eigenvalue weighted by Crippen LogP contribution is 2.45. The summed E-state index contributed by atoms with van der Waals surface area (Å²) in [5, 5.41) is 9.82. The molecule has 5 rings (SSSR count). The molecule has 1 aromatic carbocycles. The zero-order chi connectivity index (χ0) is 24.3. The number of fused-ring (bicyclic) bond motifs is 3. The molecule has 0 saturated heterocycles. The van der Waals surface area contributed by atoms with E-state index < -0.39 is 44.6 Å². The van der Waals surface area contributed by atoms with Gasteiger partial charge in [-0.15, -0.1) is 0 Å². The number of hydrogen-bond donors (Lipinski definition) is 2. The van der Waals surface area contributed by atoms with Gasteiger partial charge in [-0.1, -0.05) is 6.07 Å². The van der Waals surface area contributed by atoms with Crippen LogP contribution >= 0.6 is 0 Å². The van der Waals surface area contributed by atoms with Crippen molar-refractivity contribution in [2.75, 3.05) is 17.3 Å². The fraction of sp³-hybridized carbons (Fsp3) is 0.273. The molecule has 1 aliphatic heterocycles. The molecular formula is C22H19F2N5O4S. The maximum absolute atomic E-state index is 14.8. The fourth-order valence-electron chi connectivity index (χ4n) is 4.74. The second kappa shape index (κ2) is 7.69. The zero-order valence-corrected chi connectivity index (χ0v) is 18.7. The molecule has 9 nitrogen and oxygen atoms in total. The molecule has 0 fully saturated rings. The lowest BCUT2D eigenvalue weighted by Crippen LogP contribution is -2.50. The van der Waals surface area contributed by atoms with Crippen LogP contribution in [0.15, 0.2) is 36.5 Å². The van der Waals surface area contributed by atoms with Crippen molar-refractivity contribution in [1.29, 1.82) is 0 Å². The first kappa shape index (κ1) is 22.1. The number of carbonyl (C=O) groups excluding carboxylic acids is 2. The third-order valence-electron chi connectivity index (χ3n) is 5.96. The Morgan fingerprint density at radius 2 is 2.09 bits per heavy atom. The van der Waals surface area contributed by atoms with Gasteiger partial charge in [0.15, 0.2) is 21.5 Å². The maximum Gasteiger partial charge on any atom is 0.257 e. The summed E-state index contributed by atoms with van der Waals surface area (Å²) in [6, 6.07) is 7.01. The van der Waals surface area contributed by atoms with Gasteiger partial charge in [0.25, 0.3) is 5.91 Å². The van der Waals surface area contributed by atoms with Crippen LogP contribution in [0.5, 0.6) is 0 Å². The van der Waals surface area contributed by atoms with Crippen LogP contribution in [-0.2, 0) is 33.0 Å². The molecule has 2 aromatic heterocycles. The van der Waals surface area contributed by atoms with Crippen LogP contribution in [0.1, 0.15) is 33.6 Å². The van der Waals surface area contributed by atoms with E-state index in [-0.39, 0.29) is 34.9 Å². The number of halogens is 2. The lowest BCUT2D eigenvalue weighted by Gasteiger charge is -2.35. The number of rotatable bonds is 4. The lowest BCUT2D eigenvalue weighted by atomic mass is 9.82. The van der Waals surface area contributed by atoms with E-state index in [0.29, 0.717) is 18.4 Å². The number of pyridine rings is 1. The van der Waals surface area contributed by atoms with E-state index in [1.807, 2.05) is 0 Å². The Bertz CT molecular complexity index is 1460.